The summed E-state index contributed by atoms with van der Waals surface area (Å²) in [6.07, 6.45) is 2.22. The zero-order valence-corrected chi connectivity index (χ0v) is 14.2. The van der Waals surface area contributed by atoms with Crippen molar-refractivity contribution in [2.45, 2.75) is 33.0 Å². The predicted molar refractivity (Wildman–Crippen MR) is 89.7 cm³/mol. The molecule has 2 aromatic rings. The Morgan fingerprint density at radius 2 is 2.21 bits per heavy atom. The number of nitrogens with zero attached hydrogens (tertiary/aromatic N) is 3. The van der Waals surface area contributed by atoms with Crippen molar-refractivity contribution < 1.29 is 14.3 Å². The van der Waals surface area contributed by atoms with Crippen LogP contribution in [-0.4, -0.2) is 40.6 Å². The molecule has 1 aliphatic heterocycles. The highest BCUT2D eigenvalue weighted by molar-refractivity contribution is 5.79. The van der Waals surface area contributed by atoms with Crippen LogP contribution < -0.4 is 4.74 Å². The molecule has 1 aliphatic rings. The average Bonchev–Trinajstić information content (AvgIpc) is 3.02. The van der Waals surface area contributed by atoms with Crippen molar-refractivity contribution in [1.82, 2.24) is 14.5 Å². The first kappa shape index (κ1) is 16.5. The van der Waals surface area contributed by atoms with Crippen LogP contribution in [0, 0.1) is 0 Å². The van der Waals surface area contributed by atoms with E-state index in [-0.39, 0.29) is 5.91 Å². The van der Waals surface area contributed by atoms with E-state index in [9.17, 15) is 4.79 Å². The molecule has 0 fully saturated rings. The zero-order valence-electron chi connectivity index (χ0n) is 14.2. The first-order valence-corrected chi connectivity index (χ1v) is 8.22. The van der Waals surface area contributed by atoms with E-state index in [1.807, 2.05) is 42.4 Å². The highest BCUT2D eigenvalue weighted by Crippen LogP contribution is 2.19. The van der Waals surface area contributed by atoms with Crippen LogP contribution in [0.1, 0.15) is 23.9 Å². The molecule has 0 saturated heterocycles. The molecule has 2 heterocycles. The molecule has 0 radical (unpaired) electrons. The van der Waals surface area contributed by atoms with Crippen molar-refractivity contribution in [3.05, 3.63) is 47.5 Å². The molecule has 0 N–H and O–H groups in total. The van der Waals surface area contributed by atoms with Crippen molar-refractivity contribution >= 4 is 5.91 Å². The molecular formula is C18H23N3O3. The maximum Gasteiger partial charge on any atom is 0.227 e. The second-order valence-electron chi connectivity index (χ2n) is 5.81. The Morgan fingerprint density at radius 3 is 3.00 bits per heavy atom. The summed E-state index contributed by atoms with van der Waals surface area (Å²) in [5.41, 5.74) is 2.97. The molecular weight excluding hydrogens is 306 g/mol. The van der Waals surface area contributed by atoms with E-state index >= 15 is 0 Å². The van der Waals surface area contributed by atoms with Gasteiger partial charge in [-0.25, -0.2) is 4.98 Å². The molecule has 24 heavy (non-hydrogen) atoms. The van der Waals surface area contributed by atoms with Gasteiger partial charge < -0.3 is 18.9 Å². The van der Waals surface area contributed by atoms with Crippen LogP contribution in [0.4, 0.5) is 0 Å². The zero-order chi connectivity index (χ0) is 16.9. The van der Waals surface area contributed by atoms with Crippen LogP contribution in [0.25, 0.3) is 0 Å². The Hall–Kier alpha value is -2.34. The van der Waals surface area contributed by atoms with Crippen LogP contribution in [0.5, 0.6) is 5.75 Å². The maximum absolute atomic E-state index is 12.6. The van der Waals surface area contributed by atoms with Gasteiger partial charge in [0.15, 0.2) is 0 Å². The lowest BCUT2D eigenvalue weighted by Gasteiger charge is -2.29. The third-order valence-electron chi connectivity index (χ3n) is 4.27. The number of methoxy groups -OCH3 is 1. The Labute approximate surface area is 142 Å². The second-order valence-corrected chi connectivity index (χ2v) is 5.81. The molecule has 128 valence electrons. The van der Waals surface area contributed by atoms with Gasteiger partial charge in [-0.3, -0.25) is 4.79 Å². The Morgan fingerprint density at radius 1 is 1.33 bits per heavy atom. The number of benzene rings is 1. The van der Waals surface area contributed by atoms with Crippen molar-refractivity contribution in [3.8, 4) is 5.75 Å². The lowest BCUT2D eigenvalue weighted by Crippen LogP contribution is -2.39. The van der Waals surface area contributed by atoms with Gasteiger partial charge in [-0.2, -0.15) is 0 Å². The molecule has 0 bridgehead atoms. The number of carbonyl (C=O) groups excluding carboxylic acids is 1. The van der Waals surface area contributed by atoms with Crippen LogP contribution >= 0.6 is 0 Å². The molecule has 1 amide bonds. The Balaban J connectivity index is 1.67. The number of ether oxygens (including phenoxy) is 2. The topological polar surface area (TPSA) is 56.6 Å². The number of carbonyl (C=O) groups is 1. The normalized spacial score (nSPS) is 13.7. The molecule has 0 spiro atoms. The van der Waals surface area contributed by atoms with E-state index in [4.69, 9.17) is 9.47 Å². The number of amides is 1. The number of aromatic nitrogens is 2. The number of hydrogen-bond acceptors (Lipinski definition) is 4. The lowest BCUT2D eigenvalue weighted by molar-refractivity contribution is -0.131. The molecule has 0 saturated carbocycles. The summed E-state index contributed by atoms with van der Waals surface area (Å²) in [5, 5.41) is 0. The average molecular weight is 329 g/mol. The highest BCUT2D eigenvalue weighted by atomic mass is 16.5. The molecule has 0 aliphatic carbocycles. The van der Waals surface area contributed by atoms with E-state index in [1.165, 1.54) is 0 Å². The quantitative estimate of drug-likeness (QED) is 0.813. The maximum atomic E-state index is 12.6. The smallest absolute Gasteiger partial charge is 0.227 e. The minimum Gasteiger partial charge on any atom is -0.497 e. The van der Waals surface area contributed by atoms with E-state index < -0.39 is 0 Å². The van der Waals surface area contributed by atoms with Gasteiger partial charge in [-0.05, 0) is 24.6 Å². The van der Waals surface area contributed by atoms with Gasteiger partial charge in [-0.15, -0.1) is 0 Å². The van der Waals surface area contributed by atoms with Crippen LogP contribution in [-0.2, 0) is 35.6 Å². The molecule has 0 unspecified atom stereocenters. The standard InChI is InChI=1S/C18H23N3O3/c1-3-24-12-16-17-11-20(7-8-21(17)13-19-16)18(22)10-14-5-4-6-15(9-14)23-2/h4-6,9,13H,3,7-8,10-12H2,1-2H3. The summed E-state index contributed by atoms with van der Waals surface area (Å²) < 4.78 is 12.8. The molecule has 6 nitrogen and oxygen atoms in total. The van der Waals surface area contributed by atoms with E-state index in [0.717, 1.165) is 29.2 Å². The summed E-state index contributed by atoms with van der Waals surface area (Å²) in [5.74, 6) is 0.897. The first-order valence-electron chi connectivity index (χ1n) is 8.22. The van der Waals surface area contributed by atoms with E-state index in [2.05, 4.69) is 9.55 Å². The SMILES string of the molecule is CCOCc1ncn2c1CN(C(=O)Cc1cccc(OC)c1)CC2. The molecule has 1 aromatic heterocycles. The third kappa shape index (κ3) is 3.59. The number of rotatable bonds is 6. The van der Waals surface area contributed by atoms with Crippen molar-refractivity contribution in [2.75, 3.05) is 20.3 Å². The minimum absolute atomic E-state index is 0.123. The largest absolute Gasteiger partial charge is 0.497 e. The van der Waals surface area contributed by atoms with Gasteiger partial charge in [0.2, 0.25) is 5.91 Å². The Kier molecular flexibility index (Phi) is 5.15. The van der Waals surface area contributed by atoms with Gasteiger partial charge in [0.05, 0.1) is 44.4 Å². The van der Waals surface area contributed by atoms with E-state index in [0.29, 0.717) is 32.7 Å². The molecule has 1 aromatic carbocycles. The fraction of sp³-hybridized carbons (Fsp3) is 0.444. The molecule has 3 rings (SSSR count). The van der Waals surface area contributed by atoms with Crippen molar-refractivity contribution in [2.24, 2.45) is 0 Å². The Bertz CT molecular complexity index is 711. The van der Waals surface area contributed by atoms with Gasteiger partial charge in [0, 0.05) is 19.7 Å². The van der Waals surface area contributed by atoms with Crippen LogP contribution in [0.2, 0.25) is 0 Å². The molecule has 0 atom stereocenters. The van der Waals surface area contributed by atoms with Gasteiger partial charge in [0.25, 0.3) is 0 Å². The van der Waals surface area contributed by atoms with E-state index in [1.54, 1.807) is 7.11 Å². The summed E-state index contributed by atoms with van der Waals surface area (Å²) in [7, 11) is 1.63. The van der Waals surface area contributed by atoms with Gasteiger partial charge in [0.1, 0.15) is 5.75 Å². The minimum atomic E-state index is 0.123. The second kappa shape index (κ2) is 7.49. The predicted octanol–water partition coefficient (Wildman–Crippen LogP) is 2.01. The van der Waals surface area contributed by atoms with Gasteiger partial charge >= 0.3 is 0 Å². The number of imidazole rings is 1. The molecule has 6 heteroatoms. The number of fused-ring (bicyclic) bond motifs is 1. The van der Waals surface area contributed by atoms with Crippen LogP contribution in [0.15, 0.2) is 30.6 Å². The summed E-state index contributed by atoms with van der Waals surface area (Å²) in [6.45, 7) is 5.19. The lowest BCUT2D eigenvalue weighted by atomic mass is 10.1. The third-order valence-corrected chi connectivity index (χ3v) is 4.27. The van der Waals surface area contributed by atoms with Crippen molar-refractivity contribution in [1.29, 1.82) is 0 Å². The summed E-state index contributed by atoms with van der Waals surface area (Å²) in [4.78, 5) is 19.0. The first-order chi connectivity index (χ1) is 11.7. The summed E-state index contributed by atoms with van der Waals surface area (Å²) in [6, 6.07) is 7.65. The number of hydrogen-bond donors (Lipinski definition) is 0. The van der Waals surface area contributed by atoms with Crippen LogP contribution in [0.3, 0.4) is 0 Å². The fourth-order valence-electron chi connectivity index (χ4n) is 2.91. The fourth-order valence-corrected chi connectivity index (χ4v) is 2.91. The highest BCUT2D eigenvalue weighted by Gasteiger charge is 2.23. The summed E-state index contributed by atoms with van der Waals surface area (Å²) >= 11 is 0. The van der Waals surface area contributed by atoms with Gasteiger partial charge in [-0.1, -0.05) is 12.1 Å². The van der Waals surface area contributed by atoms with Crippen molar-refractivity contribution in [3.63, 3.8) is 0 Å². The monoisotopic (exact) mass is 329 g/mol.